The zero-order chi connectivity index (χ0) is 6.69. The van der Waals surface area contributed by atoms with E-state index in [1.54, 1.807) is 6.07 Å². The van der Waals surface area contributed by atoms with Gasteiger partial charge in [0.05, 0.1) is 17.8 Å². The van der Waals surface area contributed by atoms with Crippen LogP contribution < -0.4 is 10.6 Å². The van der Waals surface area contributed by atoms with Crippen LogP contribution in [0.5, 0.6) is 0 Å². The second-order valence-electron chi connectivity index (χ2n) is 1.56. The maximum Gasteiger partial charge on any atom is 0.0888 e. The number of nitrogens with zero attached hydrogens (tertiary/aromatic N) is 2. The van der Waals surface area contributed by atoms with Crippen LogP contribution in [0.2, 0.25) is 0 Å². The molecule has 46 valence electrons. The van der Waals surface area contributed by atoms with Crippen molar-refractivity contribution in [3.63, 3.8) is 0 Å². The maximum atomic E-state index is 8.49. The zero-order valence-corrected chi connectivity index (χ0v) is 4.78. The average Bonchev–Trinajstić information content (AvgIpc) is 1.89. The van der Waals surface area contributed by atoms with Crippen LogP contribution in [0.4, 0.5) is 0 Å². The van der Waals surface area contributed by atoms with Crippen LogP contribution in [0.25, 0.3) is 12.8 Å². The fourth-order valence-electron chi connectivity index (χ4n) is 0.488. The Morgan fingerprint density at radius 3 is 2.89 bits per heavy atom. The van der Waals surface area contributed by atoms with Gasteiger partial charge in [0, 0.05) is 5.22 Å². The summed E-state index contributed by atoms with van der Waals surface area (Å²) in [5, 5.41) is 16.7. The van der Waals surface area contributed by atoms with E-state index < -0.39 is 0 Å². The first-order valence-electron chi connectivity index (χ1n) is 2.45. The van der Waals surface area contributed by atoms with Crippen LogP contribution in [-0.2, 0) is 0 Å². The van der Waals surface area contributed by atoms with E-state index in [1.165, 1.54) is 6.20 Å². The van der Waals surface area contributed by atoms with Gasteiger partial charge in [-0.3, -0.25) is 0 Å². The van der Waals surface area contributed by atoms with Gasteiger partial charge in [0.25, 0.3) is 0 Å². The van der Waals surface area contributed by atoms with Crippen molar-refractivity contribution < 1.29 is 5.11 Å². The highest BCUT2D eigenvalue weighted by Gasteiger charge is 1.78. The lowest BCUT2D eigenvalue weighted by Gasteiger charge is -1.80. The Bertz CT molecular complexity index is 294. The Balaban J connectivity index is 3.53. The summed E-state index contributed by atoms with van der Waals surface area (Å²) in [6.45, 7) is 3.53. The van der Waals surface area contributed by atoms with Crippen molar-refractivity contribution in [1.29, 1.82) is 0 Å². The van der Waals surface area contributed by atoms with Gasteiger partial charge in [-0.2, -0.15) is 10.2 Å². The molecule has 0 bridgehead atoms. The third-order valence-corrected chi connectivity index (χ3v) is 0.972. The largest absolute Gasteiger partial charge is 0.515 e. The second kappa shape index (κ2) is 2.26. The van der Waals surface area contributed by atoms with Crippen molar-refractivity contribution in [3.8, 4) is 0 Å². The summed E-state index contributed by atoms with van der Waals surface area (Å²) in [5.74, 6) is 0. The minimum absolute atomic E-state index is 0.486. The van der Waals surface area contributed by atoms with Gasteiger partial charge in [-0.25, -0.2) is 0 Å². The summed E-state index contributed by atoms with van der Waals surface area (Å²) in [4.78, 5) is 0. The first-order chi connectivity index (χ1) is 4.34. The second-order valence-corrected chi connectivity index (χ2v) is 1.56. The molecule has 0 unspecified atom stereocenters. The van der Waals surface area contributed by atoms with E-state index >= 15 is 0 Å². The van der Waals surface area contributed by atoms with Gasteiger partial charge in [-0.15, -0.1) is 0 Å². The summed E-state index contributed by atoms with van der Waals surface area (Å²) in [7, 11) is 0. The van der Waals surface area contributed by atoms with Crippen LogP contribution >= 0.6 is 0 Å². The summed E-state index contributed by atoms with van der Waals surface area (Å²) in [6, 6.07) is 1.63. The molecule has 1 aromatic rings. The van der Waals surface area contributed by atoms with E-state index in [2.05, 4.69) is 16.8 Å². The number of aromatic nitrogens is 2. The summed E-state index contributed by atoms with van der Waals surface area (Å²) >= 11 is 0. The first-order valence-corrected chi connectivity index (χ1v) is 2.45. The Labute approximate surface area is 52.0 Å². The van der Waals surface area contributed by atoms with Crippen molar-refractivity contribution in [2.75, 3.05) is 0 Å². The predicted molar refractivity (Wildman–Crippen MR) is 33.9 cm³/mol. The molecule has 0 atom stereocenters. The number of hydrogen-bond donors (Lipinski definition) is 1. The Kier molecular flexibility index (Phi) is 1.44. The zero-order valence-electron chi connectivity index (χ0n) is 4.78. The van der Waals surface area contributed by atoms with Gasteiger partial charge in [0.1, 0.15) is 0 Å². The van der Waals surface area contributed by atoms with Crippen molar-refractivity contribution in [2.24, 2.45) is 0 Å². The van der Waals surface area contributed by atoms with E-state index in [-0.39, 0.29) is 0 Å². The van der Waals surface area contributed by atoms with E-state index in [0.29, 0.717) is 10.6 Å². The fraction of sp³-hybridized carbons (Fsp3) is 0. The van der Waals surface area contributed by atoms with Gasteiger partial charge >= 0.3 is 0 Å². The number of aliphatic hydroxyl groups excluding tert-OH is 1. The molecule has 0 aliphatic carbocycles. The highest BCUT2D eigenvalue weighted by atomic mass is 16.2. The Morgan fingerprint density at radius 2 is 2.44 bits per heavy atom. The van der Waals surface area contributed by atoms with Gasteiger partial charge in [0.15, 0.2) is 0 Å². The summed E-state index contributed by atoms with van der Waals surface area (Å²) < 4.78 is 0. The minimum atomic E-state index is 0.486. The number of aliphatic hydroxyl groups is 1. The van der Waals surface area contributed by atoms with Crippen LogP contribution in [0.3, 0.4) is 0 Å². The molecule has 3 nitrogen and oxygen atoms in total. The van der Waals surface area contributed by atoms with Gasteiger partial charge in [-0.1, -0.05) is 6.58 Å². The number of hydrogen-bond acceptors (Lipinski definition) is 3. The Hall–Kier alpha value is -1.38. The van der Waals surface area contributed by atoms with Crippen molar-refractivity contribution in [3.05, 3.63) is 22.8 Å². The molecule has 0 spiro atoms. The molecule has 0 aliphatic heterocycles. The molecule has 1 rings (SSSR count). The molecule has 1 N–H and O–H groups in total. The molecule has 0 aliphatic rings. The molecule has 0 saturated heterocycles. The molecule has 0 radical (unpaired) electrons. The van der Waals surface area contributed by atoms with Gasteiger partial charge < -0.3 is 5.11 Å². The lowest BCUT2D eigenvalue weighted by atomic mass is 10.4. The normalized spacial score (nSPS) is 11.8. The van der Waals surface area contributed by atoms with Crippen LogP contribution in [0.15, 0.2) is 12.3 Å². The van der Waals surface area contributed by atoms with E-state index in [1.807, 2.05) is 0 Å². The quantitative estimate of drug-likeness (QED) is 0.489. The van der Waals surface area contributed by atoms with E-state index in [4.69, 9.17) is 5.11 Å². The predicted octanol–water partition coefficient (Wildman–Crippen LogP) is -0.817. The smallest absolute Gasteiger partial charge is 0.0888 e. The molecule has 0 amide bonds. The molecule has 3 heteroatoms. The van der Waals surface area contributed by atoms with Gasteiger partial charge in [0.2, 0.25) is 0 Å². The van der Waals surface area contributed by atoms with Gasteiger partial charge in [-0.05, 0) is 6.07 Å². The third kappa shape index (κ3) is 1.05. The van der Waals surface area contributed by atoms with Crippen molar-refractivity contribution in [1.82, 2.24) is 10.2 Å². The monoisotopic (exact) mass is 122 g/mol. The highest BCUT2D eigenvalue weighted by molar-refractivity contribution is 5.12. The minimum Gasteiger partial charge on any atom is -0.515 e. The topological polar surface area (TPSA) is 46.0 Å². The molecule has 1 aromatic heterocycles. The lowest BCUT2D eigenvalue weighted by Crippen LogP contribution is -2.26. The van der Waals surface area contributed by atoms with Crippen LogP contribution in [0.1, 0.15) is 0 Å². The molecule has 0 aromatic carbocycles. The fourth-order valence-corrected chi connectivity index (χ4v) is 0.488. The summed E-state index contributed by atoms with van der Waals surface area (Å²) in [6.07, 6.45) is 2.45. The molecule has 0 fully saturated rings. The van der Waals surface area contributed by atoms with E-state index in [0.717, 1.165) is 6.26 Å². The molecule has 1 heterocycles. The van der Waals surface area contributed by atoms with Crippen LogP contribution in [0, 0.1) is 0 Å². The first kappa shape index (κ1) is 5.75. The third-order valence-electron chi connectivity index (χ3n) is 0.972. The lowest BCUT2D eigenvalue weighted by molar-refractivity contribution is 0.539. The summed E-state index contributed by atoms with van der Waals surface area (Å²) in [5.41, 5.74) is 0. The molecule has 9 heavy (non-hydrogen) atoms. The molecular weight excluding hydrogens is 116 g/mol. The van der Waals surface area contributed by atoms with Crippen LogP contribution in [-0.4, -0.2) is 15.3 Å². The Morgan fingerprint density at radius 1 is 1.67 bits per heavy atom. The molecular formula is C6H6N2O. The van der Waals surface area contributed by atoms with Crippen molar-refractivity contribution >= 4 is 12.8 Å². The standard InChI is InChI=1S/C6H6N2O/c1-5-6(4-9)2-3-7-8-5/h2-4,9H,1H2/b6-4-. The average molecular weight is 122 g/mol. The van der Waals surface area contributed by atoms with Crippen molar-refractivity contribution in [2.45, 2.75) is 0 Å². The highest BCUT2D eigenvalue weighted by Crippen LogP contribution is 1.55. The SMILES string of the molecule is C=c1nncc/c1=C/O. The molecule has 0 saturated carbocycles. The number of rotatable bonds is 0. The van der Waals surface area contributed by atoms with E-state index in [9.17, 15) is 0 Å². The maximum absolute atomic E-state index is 8.49.